The molecular formula is C21H22N4O2. The summed E-state index contributed by atoms with van der Waals surface area (Å²) in [6.45, 7) is 1.30. The molecule has 0 radical (unpaired) electrons. The summed E-state index contributed by atoms with van der Waals surface area (Å²) in [6.07, 6.45) is 3.57. The van der Waals surface area contributed by atoms with E-state index in [1.54, 1.807) is 0 Å². The van der Waals surface area contributed by atoms with Crippen LogP contribution >= 0.6 is 0 Å². The maximum absolute atomic E-state index is 13.0. The minimum Gasteiger partial charge on any atom is -0.347 e. The van der Waals surface area contributed by atoms with E-state index in [0.29, 0.717) is 30.5 Å². The van der Waals surface area contributed by atoms with Gasteiger partial charge in [0.2, 0.25) is 0 Å². The van der Waals surface area contributed by atoms with E-state index in [0.717, 1.165) is 18.4 Å². The van der Waals surface area contributed by atoms with Crippen LogP contribution in [0.15, 0.2) is 53.7 Å². The number of rotatable bonds is 2. The van der Waals surface area contributed by atoms with Gasteiger partial charge in [0.05, 0.1) is 0 Å². The number of nitrogens with one attached hydrogen (secondary N) is 1. The number of benzene rings is 1. The molecule has 1 spiro atoms. The summed E-state index contributed by atoms with van der Waals surface area (Å²) < 4.78 is 1.85. The molecule has 0 bridgehead atoms. The number of aliphatic imine (C=N–C) groups is 1. The summed E-state index contributed by atoms with van der Waals surface area (Å²) >= 11 is 0. The quantitative estimate of drug-likeness (QED) is 0.886. The zero-order valence-electron chi connectivity index (χ0n) is 15.3. The van der Waals surface area contributed by atoms with Gasteiger partial charge in [-0.1, -0.05) is 30.3 Å². The topological polar surface area (TPSA) is 66.7 Å². The Kier molecular flexibility index (Phi) is 3.50. The van der Waals surface area contributed by atoms with Gasteiger partial charge in [-0.05, 0) is 30.9 Å². The minimum absolute atomic E-state index is 0.0120. The predicted octanol–water partition coefficient (Wildman–Crippen LogP) is 1.82. The lowest BCUT2D eigenvalue weighted by atomic mass is 9.85. The van der Waals surface area contributed by atoms with Crippen molar-refractivity contribution in [3.05, 3.63) is 59.9 Å². The Morgan fingerprint density at radius 1 is 1.19 bits per heavy atom. The van der Waals surface area contributed by atoms with Gasteiger partial charge in [0.15, 0.2) is 0 Å². The highest BCUT2D eigenvalue weighted by Gasteiger charge is 2.59. The first-order valence-electron chi connectivity index (χ1n) is 9.46. The van der Waals surface area contributed by atoms with Crippen LogP contribution in [0, 0.1) is 11.8 Å². The van der Waals surface area contributed by atoms with Crippen molar-refractivity contribution in [1.29, 1.82) is 0 Å². The number of likely N-dealkylation sites (tertiary alicyclic amines) is 1. The van der Waals surface area contributed by atoms with Crippen LogP contribution in [-0.2, 0) is 11.8 Å². The molecule has 5 rings (SSSR count). The molecule has 6 nitrogen and oxygen atoms in total. The van der Waals surface area contributed by atoms with Gasteiger partial charge in [-0.2, -0.15) is 0 Å². The first-order chi connectivity index (χ1) is 13.1. The molecule has 1 aliphatic carbocycles. The van der Waals surface area contributed by atoms with E-state index in [1.807, 2.05) is 65.2 Å². The normalized spacial score (nSPS) is 29.1. The minimum atomic E-state index is -0.723. The number of fused-ring (bicyclic) bond motifs is 2. The van der Waals surface area contributed by atoms with Crippen molar-refractivity contribution >= 4 is 17.6 Å². The average Bonchev–Trinajstić information content (AvgIpc) is 3.42. The zero-order valence-corrected chi connectivity index (χ0v) is 15.3. The van der Waals surface area contributed by atoms with Gasteiger partial charge in [0.25, 0.3) is 11.8 Å². The Morgan fingerprint density at radius 3 is 2.74 bits per heavy atom. The van der Waals surface area contributed by atoms with Crippen molar-refractivity contribution in [3.63, 3.8) is 0 Å². The van der Waals surface area contributed by atoms with E-state index in [1.165, 1.54) is 0 Å². The molecule has 27 heavy (non-hydrogen) atoms. The van der Waals surface area contributed by atoms with Crippen LogP contribution in [0.4, 0.5) is 0 Å². The van der Waals surface area contributed by atoms with Gasteiger partial charge in [0, 0.05) is 37.8 Å². The smallest absolute Gasteiger partial charge is 0.270 e. The lowest BCUT2D eigenvalue weighted by Gasteiger charge is -2.25. The second-order valence-electron chi connectivity index (χ2n) is 7.82. The summed E-state index contributed by atoms with van der Waals surface area (Å²) in [4.78, 5) is 32.6. The third-order valence-electron chi connectivity index (χ3n) is 6.38. The maximum atomic E-state index is 13.0. The standard InChI is InChI=1S/C21H22N4O2/c1-24-11-5-8-17(24)19(26)25-12-15-9-10-21(16(15)13-25)20(27)22-18(23-21)14-6-3-2-4-7-14/h2-8,11,15-16H,9-10,12-13H2,1H3,(H,22,23,27)/t15-,16+,21-/m0/s1. The van der Waals surface area contributed by atoms with Crippen molar-refractivity contribution in [1.82, 2.24) is 14.8 Å². The first kappa shape index (κ1) is 16.3. The molecule has 3 atom stereocenters. The lowest BCUT2D eigenvalue weighted by Crippen LogP contribution is -2.45. The van der Waals surface area contributed by atoms with Crippen molar-refractivity contribution in [3.8, 4) is 0 Å². The maximum Gasteiger partial charge on any atom is 0.270 e. The Labute approximate surface area is 157 Å². The Balaban J connectivity index is 1.43. The average molecular weight is 362 g/mol. The molecule has 1 aromatic heterocycles. The molecule has 1 saturated carbocycles. The molecule has 2 fully saturated rings. The Hall–Kier alpha value is -2.89. The van der Waals surface area contributed by atoms with Crippen molar-refractivity contribution in [2.75, 3.05) is 13.1 Å². The number of amides is 2. The molecule has 1 aromatic carbocycles. The first-order valence-corrected chi connectivity index (χ1v) is 9.46. The fourth-order valence-electron chi connectivity index (χ4n) is 4.95. The Bertz CT molecular complexity index is 948. The summed E-state index contributed by atoms with van der Waals surface area (Å²) in [5.41, 5.74) is 0.897. The molecule has 2 amide bonds. The fourth-order valence-corrected chi connectivity index (χ4v) is 4.95. The molecular weight excluding hydrogens is 340 g/mol. The van der Waals surface area contributed by atoms with Gasteiger partial charge in [-0.15, -0.1) is 0 Å². The molecule has 2 aromatic rings. The van der Waals surface area contributed by atoms with E-state index in [-0.39, 0.29) is 17.7 Å². The third-order valence-corrected chi connectivity index (χ3v) is 6.38. The second-order valence-corrected chi connectivity index (χ2v) is 7.82. The van der Waals surface area contributed by atoms with Crippen LogP contribution in [0.5, 0.6) is 0 Å². The summed E-state index contributed by atoms with van der Waals surface area (Å²) in [5.74, 6) is 1.11. The molecule has 138 valence electrons. The van der Waals surface area contributed by atoms with Gasteiger partial charge >= 0.3 is 0 Å². The second kappa shape index (κ2) is 5.81. The molecule has 3 heterocycles. The highest BCUT2D eigenvalue weighted by atomic mass is 16.2. The highest BCUT2D eigenvalue weighted by molar-refractivity contribution is 6.15. The third kappa shape index (κ3) is 2.36. The van der Waals surface area contributed by atoms with Crippen LogP contribution in [0.3, 0.4) is 0 Å². The van der Waals surface area contributed by atoms with Gasteiger partial charge in [-0.3, -0.25) is 14.6 Å². The predicted molar refractivity (Wildman–Crippen MR) is 101 cm³/mol. The monoisotopic (exact) mass is 362 g/mol. The molecule has 6 heteroatoms. The van der Waals surface area contributed by atoms with E-state index >= 15 is 0 Å². The molecule has 2 aliphatic heterocycles. The van der Waals surface area contributed by atoms with Gasteiger partial charge in [0.1, 0.15) is 17.1 Å². The highest BCUT2D eigenvalue weighted by Crippen LogP contribution is 2.49. The van der Waals surface area contributed by atoms with Crippen LogP contribution in [0.25, 0.3) is 0 Å². The number of aryl methyl sites for hydroxylation is 1. The summed E-state index contributed by atoms with van der Waals surface area (Å²) in [5, 5.41) is 3.00. The van der Waals surface area contributed by atoms with Crippen LogP contribution in [0.1, 0.15) is 28.9 Å². The molecule has 1 saturated heterocycles. The van der Waals surface area contributed by atoms with E-state index in [9.17, 15) is 9.59 Å². The number of hydrogen-bond acceptors (Lipinski definition) is 3. The zero-order chi connectivity index (χ0) is 18.6. The largest absolute Gasteiger partial charge is 0.347 e. The van der Waals surface area contributed by atoms with Crippen LogP contribution < -0.4 is 5.32 Å². The SMILES string of the molecule is Cn1cccc1C(=O)N1C[C@@H]2CC[C@]3(N=C(c4ccccc4)NC3=O)[C@@H]2C1. The van der Waals surface area contributed by atoms with E-state index in [2.05, 4.69) is 5.32 Å². The van der Waals surface area contributed by atoms with Crippen molar-refractivity contribution in [2.45, 2.75) is 18.4 Å². The number of hydrogen-bond donors (Lipinski definition) is 1. The Morgan fingerprint density at radius 2 is 2.00 bits per heavy atom. The number of amidine groups is 1. The van der Waals surface area contributed by atoms with Crippen molar-refractivity contribution < 1.29 is 9.59 Å². The molecule has 1 N–H and O–H groups in total. The van der Waals surface area contributed by atoms with Crippen molar-refractivity contribution in [2.24, 2.45) is 23.9 Å². The summed E-state index contributed by atoms with van der Waals surface area (Å²) in [7, 11) is 1.88. The lowest BCUT2D eigenvalue weighted by molar-refractivity contribution is -0.124. The number of aromatic nitrogens is 1. The summed E-state index contributed by atoms with van der Waals surface area (Å²) in [6, 6.07) is 13.5. The molecule has 0 unspecified atom stereocenters. The van der Waals surface area contributed by atoms with E-state index < -0.39 is 5.54 Å². The van der Waals surface area contributed by atoms with Crippen LogP contribution in [-0.4, -0.2) is 45.7 Å². The van der Waals surface area contributed by atoms with Gasteiger partial charge in [-0.25, -0.2) is 0 Å². The molecule has 3 aliphatic rings. The van der Waals surface area contributed by atoms with Gasteiger partial charge < -0.3 is 14.8 Å². The van der Waals surface area contributed by atoms with E-state index in [4.69, 9.17) is 4.99 Å². The number of carbonyl (C=O) groups is 2. The fraction of sp³-hybridized carbons (Fsp3) is 0.381. The number of nitrogens with zero attached hydrogens (tertiary/aromatic N) is 3. The number of carbonyl (C=O) groups excluding carboxylic acids is 2. The van der Waals surface area contributed by atoms with Crippen LogP contribution in [0.2, 0.25) is 0 Å².